The number of aromatic nitrogens is 1. The molecule has 0 radical (unpaired) electrons. The number of hydrogen-bond acceptors (Lipinski definition) is 2. The molecule has 1 spiro atoms. The molecule has 1 aromatic heterocycles. The van der Waals surface area contributed by atoms with Crippen LogP contribution in [0.2, 0.25) is 0 Å². The second kappa shape index (κ2) is 4.79. The van der Waals surface area contributed by atoms with Crippen LogP contribution in [0.5, 0.6) is 0 Å². The highest BCUT2D eigenvalue weighted by molar-refractivity contribution is 6.23. The van der Waals surface area contributed by atoms with Gasteiger partial charge in [-0.1, -0.05) is 36.4 Å². The predicted octanol–water partition coefficient (Wildman–Crippen LogP) is 3.38. The molecule has 1 aliphatic carbocycles. The number of nitrogens with one attached hydrogen (secondary N) is 1. The topological polar surface area (TPSA) is 57.8 Å². The lowest BCUT2D eigenvalue weighted by atomic mass is 9.86. The first kappa shape index (κ1) is 15.5. The molecule has 3 aromatic rings. The number of hydrogen-bond donors (Lipinski definition) is 1. The van der Waals surface area contributed by atoms with Crippen molar-refractivity contribution in [3.8, 4) is 6.07 Å². The van der Waals surface area contributed by atoms with Gasteiger partial charge in [0.05, 0.1) is 11.5 Å². The van der Waals surface area contributed by atoms with Crippen LogP contribution in [0.3, 0.4) is 0 Å². The van der Waals surface area contributed by atoms with Gasteiger partial charge >= 0.3 is 0 Å². The molecule has 1 fully saturated rings. The fourth-order valence-corrected chi connectivity index (χ4v) is 6.36. The van der Waals surface area contributed by atoms with Crippen LogP contribution < -0.4 is 9.80 Å². The summed E-state index contributed by atoms with van der Waals surface area (Å²) in [6, 6.07) is 11.1. The lowest BCUT2D eigenvalue weighted by Gasteiger charge is -2.23. The third-order valence-corrected chi connectivity index (χ3v) is 7.55. The minimum absolute atomic E-state index is 0.0239. The maximum Gasteiger partial charge on any atom is 0.252 e. The van der Waals surface area contributed by atoms with Crippen molar-refractivity contribution in [2.75, 3.05) is 6.54 Å². The van der Waals surface area contributed by atoms with Crippen molar-refractivity contribution in [2.45, 2.75) is 24.5 Å². The summed E-state index contributed by atoms with van der Waals surface area (Å²) in [4.78, 5) is 13.0. The average molecular weight is 379 g/mol. The highest BCUT2D eigenvalue weighted by Crippen LogP contribution is 2.61. The van der Waals surface area contributed by atoms with E-state index in [1.807, 2.05) is 12.1 Å². The zero-order chi connectivity index (χ0) is 19.5. The van der Waals surface area contributed by atoms with Gasteiger partial charge in [-0.2, -0.15) is 5.26 Å². The number of nitrogens with zero attached hydrogens (tertiary/aromatic N) is 3. The van der Waals surface area contributed by atoms with E-state index in [1.165, 1.54) is 11.3 Å². The van der Waals surface area contributed by atoms with Gasteiger partial charge in [0.2, 0.25) is 6.04 Å². The van der Waals surface area contributed by atoms with Gasteiger partial charge in [0.15, 0.2) is 12.2 Å². The van der Waals surface area contributed by atoms with Crippen molar-refractivity contribution in [3.05, 3.63) is 65.3 Å². The summed E-state index contributed by atoms with van der Waals surface area (Å²) in [7, 11) is 2.10. The van der Waals surface area contributed by atoms with E-state index in [2.05, 4.69) is 59.4 Å². The Balaban J connectivity index is 1.75. The van der Waals surface area contributed by atoms with Gasteiger partial charge in [0, 0.05) is 35.4 Å². The number of carbonyl (C=O) groups is 1. The first-order valence-electron chi connectivity index (χ1n) is 10.1. The fraction of sp³-hybridized carbons (Fsp3) is 0.250. The largest absolute Gasteiger partial charge is 0.348 e. The maximum atomic E-state index is 13.0. The monoisotopic (exact) mass is 379 g/mol. The highest BCUT2D eigenvalue weighted by Gasteiger charge is 2.69. The van der Waals surface area contributed by atoms with Crippen molar-refractivity contribution < 1.29 is 4.79 Å². The zero-order valence-electron chi connectivity index (χ0n) is 16.0. The second-order valence-corrected chi connectivity index (χ2v) is 8.64. The summed E-state index contributed by atoms with van der Waals surface area (Å²) in [6.45, 7) is 1.42. The molecule has 1 N–H and O–H groups in total. The molecule has 0 saturated carbocycles. The van der Waals surface area contributed by atoms with E-state index >= 15 is 0 Å². The number of amides is 1. The van der Waals surface area contributed by atoms with Crippen molar-refractivity contribution in [3.63, 3.8) is 0 Å². The third kappa shape index (κ3) is 1.54. The van der Waals surface area contributed by atoms with Gasteiger partial charge in [0.1, 0.15) is 17.6 Å². The SMILES string of the molecule is Cn1c2ccccc2c2c3c(c4c(c21)[N+]1(CC1C#N)C1C=CC=CC41)CNC3=O. The fourth-order valence-electron chi connectivity index (χ4n) is 6.36. The molecule has 4 heterocycles. The first-order valence-corrected chi connectivity index (χ1v) is 10.1. The average Bonchev–Trinajstić information content (AvgIpc) is 3.13. The van der Waals surface area contributed by atoms with E-state index in [0.29, 0.717) is 11.0 Å². The van der Waals surface area contributed by atoms with Crippen LogP contribution in [0.15, 0.2) is 48.6 Å². The number of quaternary nitrogens is 1. The van der Waals surface area contributed by atoms with Crippen LogP contribution >= 0.6 is 0 Å². The summed E-state index contributed by atoms with van der Waals surface area (Å²) in [5.74, 6) is 0.245. The van der Waals surface area contributed by atoms with Crippen molar-refractivity contribution in [1.29, 1.82) is 5.26 Å². The first-order chi connectivity index (χ1) is 14.2. The van der Waals surface area contributed by atoms with E-state index in [0.717, 1.165) is 39.5 Å². The van der Waals surface area contributed by atoms with E-state index in [4.69, 9.17) is 0 Å². The van der Waals surface area contributed by atoms with Gasteiger partial charge in [-0.05, 0) is 17.7 Å². The Hall–Kier alpha value is -3.36. The minimum atomic E-state index is -0.0239. The lowest BCUT2D eigenvalue weighted by Crippen LogP contribution is -2.38. The number of rotatable bonds is 0. The minimum Gasteiger partial charge on any atom is -0.348 e. The molecule has 1 saturated heterocycles. The van der Waals surface area contributed by atoms with Crippen molar-refractivity contribution in [1.82, 2.24) is 14.4 Å². The van der Waals surface area contributed by atoms with Crippen LogP contribution in [-0.2, 0) is 13.6 Å². The second-order valence-electron chi connectivity index (χ2n) is 8.64. The molecule has 7 rings (SSSR count). The molecular weight excluding hydrogens is 360 g/mol. The molecule has 4 unspecified atom stereocenters. The number of benzene rings is 2. The molecule has 4 aliphatic rings. The van der Waals surface area contributed by atoms with Gasteiger partial charge in [-0.15, -0.1) is 0 Å². The maximum absolute atomic E-state index is 13.0. The lowest BCUT2D eigenvalue weighted by molar-refractivity contribution is 0.0967. The van der Waals surface area contributed by atoms with Crippen LogP contribution in [0.1, 0.15) is 27.4 Å². The molecule has 3 aliphatic heterocycles. The van der Waals surface area contributed by atoms with E-state index in [9.17, 15) is 10.1 Å². The Labute approximate surface area is 167 Å². The van der Waals surface area contributed by atoms with Crippen LogP contribution in [0.25, 0.3) is 21.8 Å². The smallest absolute Gasteiger partial charge is 0.252 e. The molecule has 4 atom stereocenters. The van der Waals surface area contributed by atoms with E-state index in [1.54, 1.807) is 0 Å². The molecule has 5 nitrogen and oxygen atoms in total. The summed E-state index contributed by atoms with van der Waals surface area (Å²) in [5, 5.41) is 15.1. The summed E-state index contributed by atoms with van der Waals surface area (Å²) >= 11 is 0. The van der Waals surface area contributed by atoms with Crippen molar-refractivity contribution >= 4 is 33.4 Å². The molecule has 5 heteroatoms. The molecular formula is C24H19N4O+. The Bertz CT molecular complexity index is 1400. The number of fused-ring (bicyclic) bond motifs is 12. The third-order valence-electron chi connectivity index (χ3n) is 7.55. The zero-order valence-corrected chi connectivity index (χ0v) is 16.0. The Kier molecular flexibility index (Phi) is 2.57. The van der Waals surface area contributed by atoms with E-state index in [-0.39, 0.29) is 23.9 Å². The standard InChI is InChI=1S/C24H18N4O/c1-27-17-8-4-2-6-14(17)20-21-16(11-26-24(21)29)19-15-7-3-5-9-18(15)28(12-13(28)10-25)23(19)22(20)27/h2-9,13,15,18H,11-12H2,1H3/p+1. The summed E-state index contributed by atoms with van der Waals surface area (Å²) in [5.41, 5.74) is 6.79. The molecule has 29 heavy (non-hydrogen) atoms. The Morgan fingerprint density at radius 3 is 2.90 bits per heavy atom. The molecule has 2 aromatic carbocycles. The predicted molar refractivity (Wildman–Crippen MR) is 112 cm³/mol. The summed E-state index contributed by atoms with van der Waals surface area (Å²) in [6.07, 6.45) is 8.76. The van der Waals surface area contributed by atoms with Crippen molar-refractivity contribution in [2.24, 2.45) is 7.05 Å². The van der Waals surface area contributed by atoms with Crippen LogP contribution in [0, 0.1) is 11.3 Å². The van der Waals surface area contributed by atoms with Gasteiger partial charge < -0.3 is 9.88 Å². The molecule has 140 valence electrons. The quantitative estimate of drug-likeness (QED) is 0.481. The molecule has 1 amide bonds. The normalized spacial score (nSPS) is 30.5. The number of carbonyl (C=O) groups excluding carboxylic acids is 1. The Morgan fingerprint density at radius 1 is 1.24 bits per heavy atom. The van der Waals surface area contributed by atoms with Crippen LogP contribution in [0.4, 0.5) is 5.69 Å². The van der Waals surface area contributed by atoms with Crippen LogP contribution in [-0.4, -0.2) is 29.1 Å². The summed E-state index contributed by atoms with van der Waals surface area (Å²) < 4.78 is 2.95. The highest BCUT2D eigenvalue weighted by atomic mass is 16.1. The number of aryl methyl sites for hydroxylation is 1. The number of para-hydroxylation sites is 1. The van der Waals surface area contributed by atoms with E-state index < -0.39 is 0 Å². The van der Waals surface area contributed by atoms with Gasteiger partial charge in [-0.3, -0.25) is 9.28 Å². The van der Waals surface area contributed by atoms with Gasteiger partial charge in [-0.25, -0.2) is 0 Å². The number of nitriles is 1. The molecule has 0 bridgehead atoms. The van der Waals surface area contributed by atoms with Gasteiger partial charge in [0.25, 0.3) is 5.91 Å². The Morgan fingerprint density at radius 2 is 2.07 bits per heavy atom. The number of allylic oxidation sites excluding steroid dienone is 2.